The van der Waals surface area contributed by atoms with Crippen LogP contribution in [-0.2, 0) is 0 Å². The van der Waals surface area contributed by atoms with Gasteiger partial charge >= 0.3 is 21.4 Å². The van der Waals surface area contributed by atoms with Crippen LogP contribution in [0.5, 0.6) is 0 Å². The largest absolute Gasteiger partial charge is 0.488 e. The first kappa shape index (κ1) is 42.8. The van der Waals surface area contributed by atoms with Crippen molar-refractivity contribution in [3.8, 4) is 57.5 Å². The molecule has 59 heavy (non-hydrogen) atoms. The zero-order valence-electron chi connectivity index (χ0n) is 31.0. The number of aldehydes is 1. The zero-order chi connectivity index (χ0) is 42.0. The van der Waals surface area contributed by atoms with Gasteiger partial charge in [-0.15, -0.1) is 6.42 Å². The minimum absolute atomic E-state index is 0.385. The summed E-state index contributed by atoms with van der Waals surface area (Å²) in [4.78, 5) is 22.0. The summed E-state index contributed by atoms with van der Waals surface area (Å²) >= 11 is 0. The summed E-state index contributed by atoms with van der Waals surface area (Å²) in [7, 11) is -4.39. The minimum atomic E-state index is -1.47. The van der Waals surface area contributed by atoms with Crippen LogP contribution >= 0.6 is 0 Å². The second-order valence-corrected chi connectivity index (χ2v) is 12.2. The summed E-state index contributed by atoms with van der Waals surface area (Å²) in [6, 6.07) is 34.4. The maximum atomic E-state index is 10.2. The summed E-state index contributed by atoms with van der Waals surface area (Å²) in [6.45, 7) is 0. The van der Waals surface area contributed by atoms with Crippen LogP contribution in [0.15, 0.2) is 168 Å². The lowest BCUT2D eigenvalue weighted by atomic mass is 9.80. The van der Waals surface area contributed by atoms with Crippen LogP contribution in [0.4, 0.5) is 0 Å². The summed E-state index contributed by atoms with van der Waals surface area (Å²) in [6.07, 6.45) is 15.9. The van der Waals surface area contributed by atoms with E-state index >= 15 is 0 Å². The average Bonchev–Trinajstić information content (AvgIpc) is 4.00. The van der Waals surface area contributed by atoms with E-state index in [0.717, 1.165) is 27.8 Å². The Balaban J connectivity index is 0.000000159. The van der Waals surface area contributed by atoms with E-state index in [0.29, 0.717) is 51.1 Å². The Morgan fingerprint density at radius 2 is 0.898 bits per heavy atom. The van der Waals surface area contributed by atoms with Crippen molar-refractivity contribution in [3.63, 3.8) is 0 Å². The summed E-state index contributed by atoms with van der Waals surface area (Å²) in [5.41, 5.74) is 7.36. The van der Waals surface area contributed by atoms with Gasteiger partial charge < -0.3 is 39.2 Å². The van der Waals surface area contributed by atoms with Gasteiger partial charge in [0.05, 0.1) is 0 Å². The third-order valence-electron chi connectivity index (χ3n) is 8.12. The molecule has 17 heteroatoms. The number of hydrogen-bond acceptors (Lipinski definition) is 14. The van der Waals surface area contributed by atoms with Crippen LogP contribution in [-0.4, -0.2) is 83.1 Å². The van der Waals surface area contributed by atoms with Gasteiger partial charge in [-0.05, 0) is 52.8 Å². The Bertz CT molecular complexity index is 2380. The molecule has 0 saturated heterocycles. The quantitative estimate of drug-likeness (QED) is 0.0739. The molecule has 0 aliphatic heterocycles. The molecule has 0 aliphatic rings. The number of nitrogens with zero attached hydrogens (tertiary/aromatic N) is 5. The fourth-order valence-corrected chi connectivity index (χ4v) is 4.96. The number of carbonyl (C=O) groups excluding carboxylic acids is 1. The van der Waals surface area contributed by atoms with Crippen molar-refractivity contribution >= 4 is 44.0 Å². The van der Waals surface area contributed by atoms with Crippen molar-refractivity contribution in [2.24, 2.45) is 0 Å². The Labute approximate surface area is 339 Å². The topological polar surface area (TPSA) is 229 Å². The van der Waals surface area contributed by atoms with E-state index in [2.05, 4.69) is 31.2 Å². The predicted octanol–water partition coefficient (Wildman–Crippen LogP) is 2.41. The van der Waals surface area contributed by atoms with Gasteiger partial charge in [0.25, 0.3) is 0 Å². The predicted molar refractivity (Wildman–Crippen MR) is 224 cm³/mol. The molecule has 3 aromatic carbocycles. The molecule has 0 atom stereocenters. The molecule has 0 bridgehead atoms. The number of terminal acetylenes is 1. The normalized spacial score (nSPS) is 9.92. The van der Waals surface area contributed by atoms with Crippen molar-refractivity contribution in [3.05, 3.63) is 170 Å². The fourth-order valence-electron chi connectivity index (χ4n) is 4.96. The van der Waals surface area contributed by atoms with E-state index in [1.807, 2.05) is 48.5 Å². The van der Waals surface area contributed by atoms with Gasteiger partial charge in [0, 0.05) is 82.7 Å². The number of rotatable bonds is 8. The third-order valence-corrected chi connectivity index (χ3v) is 8.12. The molecule has 0 amide bonds. The second-order valence-electron chi connectivity index (χ2n) is 12.2. The molecular weight excluding hydrogens is 751 g/mol. The van der Waals surface area contributed by atoms with Crippen molar-refractivity contribution < 1.29 is 44.0 Å². The minimum Gasteiger partial charge on any atom is -0.423 e. The van der Waals surface area contributed by atoms with Gasteiger partial charge in [-0.3, -0.25) is 19.7 Å². The van der Waals surface area contributed by atoms with E-state index in [-0.39, 0.29) is 0 Å². The molecule has 5 heterocycles. The smallest absolute Gasteiger partial charge is 0.423 e. The fraction of sp³-hybridized carbons (Fsp3) is 0. The van der Waals surface area contributed by atoms with Crippen LogP contribution in [0, 0.1) is 12.3 Å². The first-order valence-corrected chi connectivity index (χ1v) is 17.6. The van der Waals surface area contributed by atoms with Gasteiger partial charge in [0.2, 0.25) is 0 Å². The lowest BCUT2D eigenvalue weighted by molar-refractivity contribution is 0.112. The molecule has 6 N–H and O–H groups in total. The maximum Gasteiger partial charge on any atom is 0.488 e. The summed E-state index contributed by atoms with van der Waals surface area (Å²) in [5.74, 6) is 3.74. The van der Waals surface area contributed by atoms with Crippen LogP contribution in [0.1, 0.15) is 15.9 Å². The Morgan fingerprint density at radius 3 is 1.20 bits per heavy atom. The highest BCUT2D eigenvalue weighted by molar-refractivity contribution is 6.59. The number of carbonyl (C=O) groups is 1. The van der Waals surface area contributed by atoms with Gasteiger partial charge in [-0.2, -0.15) is 0 Å². The molecule has 0 saturated carbocycles. The number of hydrogen-bond donors (Lipinski definition) is 6. The van der Waals surface area contributed by atoms with E-state index in [4.69, 9.17) is 45.6 Å². The maximum absolute atomic E-state index is 10.2. The Hall–Kier alpha value is -7.29. The molecule has 14 nitrogen and oxygen atoms in total. The highest BCUT2D eigenvalue weighted by Crippen LogP contribution is 2.26. The van der Waals surface area contributed by atoms with Crippen LogP contribution in [0.2, 0.25) is 0 Å². The molecule has 290 valence electrons. The van der Waals surface area contributed by atoms with Gasteiger partial charge in [-0.1, -0.05) is 89.0 Å². The van der Waals surface area contributed by atoms with Crippen molar-refractivity contribution in [1.29, 1.82) is 0 Å². The van der Waals surface area contributed by atoms with Crippen LogP contribution < -0.4 is 16.4 Å². The van der Waals surface area contributed by atoms with Gasteiger partial charge in [0.1, 0.15) is 17.7 Å². The standard InChI is InChI=1S/2C14H11BN2O3.C7H7BO3.C7H5N/c2*18-15(19)12-5-3-10(4-6-12)13-8-14(20-17-13)11-2-1-7-16-9-11;9-5-6-1-3-7(4-2-6)8(10)11;1-2-7-4-3-5-8-6-7/h2*1-9,18-19H;1-5,10-11H;1,3-6H. The lowest BCUT2D eigenvalue weighted by Gasteiger charge is -1.99. The Morgan fingerprint density at radius 1 is 0.508 bits per heavy atom. The van der Waals surface area contributed by atoms with Gasteiger partial charge in [0.15, 0.2) is 11.5 Å². The van der Waals surface area contributed by atoms with E-state index < -0.39 is 21.4 Å². The second kappa shape index (κ2) is 21.9. The average molecular weight is 785 g/mol. The first-order chi connectivity index (χ1) is 28.6. The zero-order valence-corrected chi connectivity index (χ0v) is 31.0. The molecule has 8 rings (SSSR count). The number of aromatic nitrogens is 5. The van der Waals surface area contributed by atoms with E-state index in [1.54, 1.807) is 85.7 Å². The molecule has 0 aliphatic carbocycles. The SMILES string of the molecule is C#Cc1cccnc1.O=Cc1ccc(B(O)O)cc1.OB(O)c1ccc(-c2cc(-c3cccnc3)on2)cc1.OB(O)c1ccc(-c2cc(-c3cccnc3)on2)cc1. The van der Waals surface area contributed by atoms with E-state index in [1.165, 1.54) is 24.3 Å². The molecule has 0 fully saturated rings. The molecular formula is C42H34B3N5O9. The number of benzene rings is 3. The highest BCUT2D eigenvalue weighted by Gasteiger charge is 2.14. The number of pyridine rings is 3. The van der Waals surface area contributed by atoms with E-state index in [9.17, 15) is 4.79 Å². The van der Waals surface area contributed by atoms with Gasteiger partial charge in [-0.25, -0.2) is 0 Å². The van der Waals surface area contributed by atoms with Crippen molar-refractivity contribution in [2.75, 3.05) is 0 Å². The van der Waals surface area contributed by atoms with Crippen LogP contribution in [0.3, 0.4) is 0 Å². The highest BCUT2D eigenvalue weighted by atomic mass is 16.5. The summed E-state index contributed by atoms with van der Waals surface area (Å²) < 4.78 is 10.6. The van der Waals surface area contributed by atoms with Crippen molar-refractivity contribution in [2.45, 2.75) is 0 Å². The monoisotopic (exact) mass is 785 g/mol. The van der Waals surface area contributed by atoms with Crippen LogP contribution in [0.25, 0.3) is 45.2 Å². The third kappa shape index (κ3) is 12.9. The molecule has 8 aromatic rings. The Kier molecular flexibility index (Phi) is 15.9. The molecule has 0 unspecified atom stereocenters. The lowest BCUT2D eigenvalue weighted by Crippen LogP contribution is -2.29. The van der Waals surface area contributed by atoms with Crippen molar-refractivity contribution in [1.82, 2.24) is 25.3 Å². The molecule has 5 aromatic heterocycles. The molecule has 0 radical (unpaired) electrons. The molecule has 0 spiro atoms. The first-order valence-electron chi connectivity index (χ1n) is 17.6. The summed E-state index contributed by atoms with van der Waals surface area (Å²) in [5, 5.41) is 61.5.